The van der Waals surface area contributed by atoms with E-state index in [2.05, 4.69) is 5.32 Å². The number of benzene rings is 1. The summed E-state index contributed by atoms with van der Waals surface area (Å²) in [5.74, 6) is -0.605. The summed E-state index contributed by atoms with van der Waals surface area (Å²) in [6.45, 7) is 5.78. The van der Waals surface area contributed by atoms with Crippen molar-refractivity contribution in [1.82, 2.24) is 5.32 Å². The second-order valence-electron chi connectivity index (χ2n) is 8.15. The first-order chi connectivity index (χ1) is 11.2. The first kappa shape index (κ1) is 15.6. The maximum Gasteiger partial charge on any atom is 0.313 e. The number of nitrogens with one attached hydrogen (secondary N) is 1. The van der Waals surface area contributed by atoms with E-state index in [0.717, 1.165) is 12.0 Å². The van der Waals surface area contributed by atoms with Crippen LogP contribution in [0.15, 0.2) is 24.3 Å². The number of hydrogen-bond donors (Lipinski definition) is 1. The predicted molar refractivity (Wildman–Crippen MR) is 85.6 cm³/mol. The van der Waals surface area contributed by atoms with Crippen molar-refractivity contribution >= 4 is 11.9 Å². The fraction of sp³-hybridized carbons (Fsp3) is 0.579. The van der Waals surface area contributed by atoms with Gasteiger partial charge in [0.25, 0.3) is 5.91 Å². The van der Waals surface area contributed by atoms with Crippen LogP contribution < -0.4 is 5.32 Å². The molecule has 4 atom stereocenters. The number of ether oxygens (including phenoxy) is 1. The van der Waals surface area contributed by atoms with Crippen LogP contribution in [0.4, 0.5) is 4.39 Å². The molecule has 2 unspecified atom stereocenters. The van der Waals surface area contributed by atoms with Gasteiger partial charge in [0.1, 0.15) is 5.82 Å². The van der Waals surface area contributed by atoms with Crippen molar-refractivity contribution in [3.8, 4) is 0 Å². The molecular formula is C19H22FNO3. The minimum atomic E-state index is -1.08. The van der Waals surface area contributed by atoms with E-state index in [9.17, 15) is 14.0 Å². The molecule has 128 valence electrons. The summed E-state index contributed by atoms with van der Waals surface area (Å²) in [5.41, 5.74) is -1.31. The lowest BCUT2D eigenvalue weighted by Gasteiger charge is -2.35. The number of carbonyl (C=O) groups excluding carboxylic acids is 2. The molecule has 1 aromatic carbocycles. The van der Waals surface area contributed by atoms with Crippen LogP contribution in [0.3, 0.4) is 0 Å². The highest BCUT2D eigenvalue weighted by atomic mass is 19.1. The molecule has 1 heterocycles. The molecule has 4 nitrogen and oxygen atoms in total. The van der Waals surface area contributed by atoms with Crippen LogP contribution in [-0.4, -0.2) is 23.5 Å². The van der Waals surface area contributed by atoms with Crippen LogP contribution in [0.5, 0.6) is 0 Å². The van der Waals surface area contributed by atoms with Crippen molar-refractivity contribution in [2.45, 2.75) is 57.6 Å². The lowest BCUT2D eigenvalue weighted by atomic mass is 9.66. The van der Waals surface area contributed by atoms with Gasteiger partial charge in [-0.1, -0.05) is 26.0 Å². The van der Waals surface area contributed by atoms with E-state index in [1.54, 1.807) is 6.07 Å². The summed E-state index contributed by atoms with van der Waals surface area (Å²) < 4.78 is 19.0. The number of halogens is 1. The quantitative estimate of drug-likeness (QED) is 0.867. The molecule has 24 heavy (non-hydrogen) atoms. The Morgan fingerprint density at radius 3 is 2.62 bits per heavy atom. The lowest BCUT2D eigenvalue weighted by molar-refractivity contribution is -0.168. The Morgan fingerprint density at radius 2 is 2.04 bits per heavy atom. The van der Waals surface area contributed by atoms with Crippen LogP contribution in [0.1, 0.15) is 51.5 Å². The molecule has 3 fully saturated rings. The maximum atomic E-state index is 13.4. The van der Waals surface area contributed by atoms with Gasteiger partial charge in [0.15, 0.2) is 5.60 Å². The number of esters is 1. The van der Waals surface area contributed by atoms with Crippen LogP contribution >= 0.6 is 0 Å². The average molecular weight is 331 g/mol. The van der Waals surface area contributed by atoms with Gasteiger partial charge >= 0.3 is 5.97 Å². The molecule has 3 aliphatic rings. The van der Waals surface area contributed by atoms with Crippen molar-refractivity contribution in [2.75, 3.05) is 0 Å². The standard InChI is InChI=1S/C19H22FNO3/c1-17(2)18(3)7-8-19(17,24-16(18)23)15(22)21-14-10-13(14)11-5-4-6-12(20)9-11/h4-6,9,13-14H,7-8,10H2,1-3H3,(H,21,22)/t13-,14+,18?,19?/m0/s1. The SMILES string of the molecule is CC12CCC(C(=O)N[C@@H]3C[C@H]3c3cccc(F)c3)(OC1=O)C2(C)C. The molecule has 0 spiro atoms. The zero-order valence-corrected chi connectivity index (χ0v) is 14.2. The second kappa shape index (κ2) is 4.58. The Morgan fingerprint density at radius 1 is 1.29 bits per heavy atom. The van der Waals surface area contributed by atoms with Gasteiger partial charge < -0.3 is 10.1 Å². The molecular weight excluding hydrogens is 309 g/mol. The molecule has 4 rings (SSSR count). The first-order valence-electron chi connectivity index (χ1n) is 8.51. The average Bonchev–Trinajstić information content (AvgIpc) is 3.22. The summed E-state index contributed by atoms with van der Waals surface area (Å²) in [6, 6.07) is 6.48. The molecule has 1 aromatic rings. The summed E-state index contributed by atoms with van der Waals surface area (Å²) in [7, 11) is 0. The van der Waals surface area contributed by atoms with Gasteiger partial charge in [-0.15, -0.1) is 0 Å². The van der Waals surface area contributed by atoms with Gasteiger partial charge in [0, 0.05) is 17.4 Å². The van der Waals surface area contributed by atoms with Crippen molar-refractivity contribution < 1.29 is 18.7 Å². The van der Waals surface area contributed by atoms with E-state index in [1.807, 2.05) is 26.8 Å². The fourth-order valence-corrected chi connectivity index (χ4v) is 4.49. The molecule has 2 bridgehead atoms. The summed E-state index contributed by atoms with van der Waals surface area (Å²) in [5, 5.41) is 3.04. The molecule has 1 saturated heterocycles. The third-order valence-electron chi connectivity index (χ3n) is 6.83. The van der Waals surface area contributed by atoms with Gasteiger partial charge in [-0.25, -0.2) is 4.39 Å². The second-order valence-corrected chi connectivity index (χ2v) is 8.15. The molecule has 2 saturated carbocycles. The molecule has 1 N–H and O–H groups in total. The number of fused-ring (bicyclic) bond motifs is 2. The minimum Gasteiger partial charge on any atom is -0.448 e. The fourth-order valence-electron chi connectivity index (χ4n) is 4.49. The highest BCUT2D eigenvalue weighted by Gasteiger charge is 2.75. The molecule has 0 radical (unpaired) electrons. The van der Waals surface area contributed by atoms with Gasteiger partial charge in [-0.2, -0.15) is 0 Å². The zero-order chi connectivity index (χ0) is 17.3. The first-order valence-corrected chi connectivity index (χ1v) is 8.51. The number of rotatable bonds is 3. The number of hydrogen-bond acceptors (Lipinski definition) is 3. The molecule has 0 aromatic heterocycles. The van der Waals surface area contributed by atoms with Crippen LogP contribution in [0.2, 0.25) is 0 Å². The molecule has 1 aliphatic heterocycles. The monoisotopic (exact) mass is 331 g/mol. The predicted octanol–water partition coefficient (Wildman–Crippen LogP) is 2.92. The van der Waals surface area contributed by atoms with Crippen molar-refractivity contribution in [2.24, 2.45) is 10.8 Å². The van der Waals surface area contributed by atoms with E-state index in [-0.39, 0.29) is 29.7 Å². The van der Waals surface area contributed by atoms with Crippen molar-refractivity contribution in [1.29, 1.82) is 0 Å². The third-order valence-corrected chi connectivity index (χ3v) is 6.83. The van der Waals surface area contributed by atoms with E-state index < -0.39 is 16.4 Å². The Balaban J connectivity index is 1.51. The molecule has 2 aliphatic carbocycles. The van der Waals surface area contributed by atoms with Crippen LogP contribution in [0, 0.1) is 16.6 Å². The highest BCUT2D eigenvalue weighted by molar-refractivity contribution is 5.96. The van der Waals surface area contributed by atoms with Gasteiger partial charge in [-0.3, -0.25) is 9.59 Å². The van der Waals surface area contributed by atoms with Crippen molar-refractivity contribution in [3.05, 3.63) is 35.6 Å². The van der Waals surface area contributed by atoms with E-state index >= 15 is 0 Å². The summed E-state index contributed by atoms with van der Waals surface area (Å²) >= 11 is 0. The molecule has 5 heteroatoms. The number of amides is 1. The van der Waals surface area contributed by atoms with E-state index in [0.29, 0.717) is 12.8 Å². The Hall–Kier alpha value is -1.91. The van der Waals surface area contributed by atoms with Crippen molar-refractivity contribution in [3.63, 3.8) is 0 Å². The Bertz CT molecular complexity index is 746. The van der Waals surface area contributed by atoms with Gasteiger partial charge in [0.05, 0.1) is 5.41 Å². The number of carbonyl (C=O) groups is 2. The van der Waals surface area contributed by atoms with E-state index in [4.69, 9.17) is 4.74 Å². The Labute approximate surface area is 140 Å². The van der Waals surface area contributed by atoms with Gasteiger partial charge in [0.2, 0.25) is 0 Å². The van der Waals surface area contributed by atoms with Crippen LogP contribution in [-0.2, 0) is 14.3 Å². The largest absolute Gasteiger partial charge is 0.448 e. The van der Waals surface area contributed by atoms with Gasteiger partial charge in [-0.05, 0) is 43.9 Å². The van der Waals surface area contributed by atoms with E-state index in [1.165, 1.54) is 12.1 Å². The summed E-state index contributed by atoms with van der Waals surface area (Å²) in [4.78, 5) is 25.2. The highest BCUT2D eigenvalue weighted by Crippen LogP contribution is 2.65. The van der Waals surface area contributed by atoms with Crippen LogP contribution in [0.25, 0.3) is 0 Å². The topological polar surface area (TPSA) is 55.4 Å². The molecule has 1 amide bonds. The summed E-state index contributed by atoms with van der Waals surface area (Å²) in [6.07, 6.45) is 2.02. The zero-order valence-electron chi connectivity index (χ0n) is 14.2. The minimum absolute atomic E-state index is 0.0179. The smallest absolute Gasteiger partial charge is 0.313 e. The lowest BCUT2D eigenvalue weighted by Crippen LogP contribution is -2.54. The third kappa shape index (κ3) is 1.78. The normalized spacial score (nSPS) is 38.8. The Kier molecular flexibility index (Phi) is 2.98. The maximum absolute atomic E-state index is 13.4.